The number of nitrogens with one attached hydrogen (secondary N) is 1. The van der Waals surface area contributed by atoms with Gasteiger partial charge in [0.15, 0.2) is 0 Å². The Bertz CT molecular complexity index is 531. The number of hydrogen-bond acceptors (Lipinski definition) is 2. The largest absolute Gasteiger partial charge is 0.508 e. The van der Waals surface area contributed by atoms with E-state index in [2.05, 4.69) is 12.2 Å². The summed E-state index contributed by atoms with van der Waals surface area (Å²) in [6, 6.07) is 13.3. The molecular formula is C16H18ClNO. The van der Waals surface area contributed by atoms with Gasteiger partial charge in [-0.2, -0.15) is 0 Å². The third kappa shape index (κ3) is 3.21. The summed E-state index contributed by atoms with van der Waals surface area (Å²) in [6.07, 6.45) is 0.940. The average molecular weight is 276 g/mol. The number of para-hydroxylation sites is 1. The second-order valence-electron chi connectivity index (χ2n) is 4.63. The molecule has 2 aromatic rings. The van der Waals surface area contributed by atoms with Crippen LogP contribution in [-0.4, -0.2) is 5.11 Å². The predicted octanol–water partition coefficient (Wildman–Crippen LogP) is 4.92. The van der Waals surface area contributed by atoms with Crippen LogP contribution in [0.4, 0.5) is 5.69 Å². The van der Waals surface area contributed by atoms with Crippen LogP contribution in [0.2, 0.25) is 5.02 Å². The lowest BCUT2D eigenvalue weighted by Gasteiger charge is -2.21. The van der Waals surface area contributed by atoms with Crippen LogP contribution in [0.1, 0.15) is 30.5 Å². The highest BCUT2D eigenvalue weighted by atomic mass is 35.5. The Labute approximate surface area is 119 Å². The number of phenolic OH excluding ortho intramolecular Hbond substituents is 1. The first kappa shape index (κ1) is 13.8. The molecule has 0 fully saturated rings. The molecule has 100 valence electrons. The monoisotopic (exact) mass is 275 g/mol. The van der Waals surface area contributed by atoms with E-state index < -0.39 is 0 Å². The zero-order valence-corrected chi connectivity index (χ0v) is 11.9. The molecular weight excluding hydrogens is 258 g/mol. The average Bonchev–Trinajstić information content (AvgIpc) is 2.40. The van der Waals surface area contributed by atoms with E-state index in [-0.39, 0.29) is 11.8 Å². The van der Waals surface area contributed by atoms with Crippen LogP contribution in [0.3, 0.4) is 0 Å². The topological polar surface area (TPSA) is 32.3 Å². The van der Waals surface area contributed by atoms with Gasteiger partial charge in [-0.1, -0.05) is 42.8 Å². The molecule has 1 unspecified atom stereocenters. The molecule has 0 saturated carbocycles. The molecule has 0 amide bonds. The Balaban J connectivity index is 2.26. The zero-order valence-electron chi connectivity index (χ0n) is 11.2. The van der Waals surface area contributed by atoms with Crippen molar-refractivity contribution < 1.29 is 5.11 Å². The van der Waals surface area contributed by atoms with Gasteiger partial charge in [0.05, 0.1) is 16.8 Å². The summed E-state index contributed by atoms with van der Waals surface area (Å²) >= 11 is 6.24. The van der Waals surface area contributed by atoms with Gasteiger partial charge < -0.3 is 10.4 Å². The maximum Gasteiger partial charge on any atom is 0.115 e. The summed E-state index contributed by atoms with van der Waals surface area (Å²) in [6.45, 7) is 4.16. The van der Waals surface area contributed by atoms with Gasteiger partial charge >= 0.3 is 0 Å². The Kier molecular flexibility index (Phi) is 4.33. The van der Waals surface area contributed by atoms with E-state index in [1.54, 1.807) is 12.1 Å². The lowest BCUT2D eigenvalue weighted by Crippen LogP contribution is -2.10. The Morgan fingerprint density at radius 3 is 2.42 bits per heavy atom. The van der Waals surface area contributed by atoms with Gasteiger partial charge in [-0.05, 0) is 42.7 Å². The van der Waals surface area contributed by atoms with Crippen molar-refractivity contribution in [2.24, 2.45) is 0 Å². The predicted molar refractivity (Wildman–Crippen MR) is 81.0 cm³/mol. The van der Waals surface area contributed by atoms with Crippen LogP contribution in [0.25, 0.3) is 0 Å². The van der Waals surface area contributed by atoms with Crippen molar-refractivity contribution in [2.45, 2.75) is 26.3 Å². The lowest BCUT2D eigenvalue weighted by atomic mass is 10.0. The number of anilines is 1. The minimum atomic E-state index is 0.180. The molecule has 0 heterocycles. The van der Waals surface area contributed by atoms with Gasteiger partial charge in [0.1, 0.15) is 5.75 Å². The Morgan fingerprint density at radius 1 is 1.16 bits per heavy atom. The first-order valence-corrected chi connectivity index (χ1v) is 6.80. The maximum absolute atomic E-state index is 9.35. The maximum atomic E-state index is 9.35. The molecule has 2 N–H and O–H groups in total. The van der Waals surface area contributed by atoms with E-state index in [1.807, 2.05) is 37.3 Å². The number of phenols is 1. The fourth-order valence-electron chi connectivity index (χ4n) is 2.12. The summed E-state index contributed by atoms with van der Waals surface area (Å²) in [4.78, 5) is 0. The standard InChI is InChI=1S/C16H18ClNO/c1-3-15(12-7-9-13(19)10-8-12)18-16-11(2)5-4-6-14(16)17/h4-10,15,18-19H,3H2,1-2H3. The summed E-state index contributed by atoms with van der Waals surface area (Å²) in [7, 11) is 0. The highest BCUT2D eigenvalue weighted by Gasteiger charge is 2.12. The minimum Gasteiger partial charge on any atom is -0.508 e. The second kappa shape index (κ2) is 5.98. The van der Waals surface area contributed by atoms with Gasteiger partial charge in [0.25, 0.3) is 0 Å². The molecule has 0 aliphatic heterocycles. The summed E-state index contributed by atoms with van der Waals surface area (Å²) in [5.74, 6) is 0.285. The third-order valence-electron chi connectivity index (χ3n) is 3.24. The second-order valence-corrected chi connectivity index (χ2v) is 5.04. The highest BCUT2D eigenvalue weighted by molar-refractivity contribution is 6.33. The van der Waals surface area contributed by atoms with Crippen molar-refractivity contribution in [1.29, 1.82) is 0 Å². The van der Waals surface area contributed by atoms with E-state index in [4.69, 9.17) is 11.6 Å². The quantitative estimate of drug-likeness (QED) is 0.830. The fraction of sp³-hybridized carbons (Fsp3) is 0.250. The Morgan fingerprint density at radius 2 is 1.84 bits per heavy atom. The van der Waals surface area contributed by atoms with Gasteiger partial charge in [0, 0.05) is 0 Å². The van der Waals surface area contributed by atoms with Crippen LogP contribution >= 0.6 is 11.6 Å². The van der Waals surface area contributed by atoms with Crippen LogP contribution in [0.15, 0.2) is 42.5 Å². The first-order valence-electron chi connectivity index (χ1n) is 6.42. The minimum absolute atomic E-state index is 0.180. The molecule has 2 nitrogen and oxygen atoms in total. The molecule has 2 aromatic carbocycles. The van der Waals surface area contributed by atoms with Crippen molar-refractivity contribution in [2.75, 3.05) is 5.32 Å². The van der Waals surface area contributed by atoms with Gasteiger partial charge in [0.2, 0.25) is 0 Å². The van der Waals surface area contributed by atoms with Gasteiger partial charge in [-0.25, -0.2) is 0 Å². The number of hydrogen-bond donors (Lipinski definition) is 2. The first-order chi connectivity index (χ1) is 9.11. The van der Waals surface area contributed by atoms with Crippen LogP contribution in [-0.2, 0) is 0 Å². The molecule has 3 heteroatoms. The SMILES string of the molecule is CCC(Nc1c(C)cccc1Cl)c1ccc(O)cc1. The van der Waals surface area contributed by atoms with Crippen LogP contribution in [0.5, 0.6) is 5.75 Å². The molecule has 0 spiro atoms. The number of benzene rings is 2. The molecule has 0 bridgehead atoms. The van der Waals surface area contributed by atoms with Crippen molar-refractivity contribution in [3.8, 4) is 5.75 Å². The molecule has 0 saturated heterocycles. The third-order valence-corrected chi connectivity index (χ3v) is 3.56. The summed E-state index contributed by atoms with van der Waals surface area (Å²) < 4.78 is 0. The van der Waals surface area contributed by atoms with Gasteiger partial charge in [-0.3, -0.25) is 0 Å². The molecule has 19 heavy (non-hydrogen) atoms. The molecule has 0 aliphatic rings. The van der Waals surface area contributed by atoms with Gasteiger partial charge in [-0.15, -0.1) is 0 Å². The van der Waals surface area contributed by atoms with Crippen LogP contribution < -0.4 is 5.32 Å². The van der Waals surface area contributed by atoms with E-state index in [9.17, 15) is 5.11 Å². The van der Waals surface area contributed by atoms with Crippen molar-refractivity contribution in [3.63, 3.8) is 0 Å². The molecule has 2 rings (SSSR count). The molecule has 0 aromatic heterocycles. The molecule has 1 atom stereocenters. The van der Waals surface area contributed by atoms with Crippen LogP contribution in [0, 0.1) is 6.92 Å². The summed E-state index contributed by atoms with van der Waals surface area (Å²) in [5, 5.41) is 13.6. The molecule has 0 aliphatic carbocycles. The van der Waals surface area contributed by atoms with E-state index in [0.717, 1.165) is 28.3 Å². The fourth-order valence-corrected chi connectivity index (χ4v) is 2.39. The van der Waals surface area contributed by atoms with Crippen molar-refractivity contribution >= 4 is 17.3 Å². The normalized spacial score (nSPS) is 12.2. The number of aromatic hydroxyl groups is 1. The molecule has 0 radical (unpaired) electrons. The van der Waals surface area contributed by atoms with E-state index >= 15 is 0 Å². The van der Waals surface area contributed by atoms with E-state index in [0.29, 0.717) is 0 Å². The van der Waals surface area contributed by atoms with Crippen molar-refractivity contribution in [1.82, 2.24) is 0 Å². The smallest absolute Gasteiger partial charge is 0.115 e. The zero-order chi connectivity index (χ0) is 13.8. The lowest BCUT2D eigenvalue weighted by molar-refractivity contribution is 0.475. The van der Waals surface area contributed by atoms with E-state index in [1.165, 1.54) is 0 Å². The number of halogens is 1. The summed E-state index contributed by atoms with van der Waals surface area (Å²) in [5.41, 5.74) is 3.24. The number of aryl methyl sites for hydroxylation is 1. The number of rotatable bonds is 4. The van der Waals surface area contributed by atoms with Crippen molar-refractivity contribution in [3.05, 3.63) is 58.6 Å². The Hall–Kier alpha value is -1.67. The highest BCUT2D eigenvalue weighted by Crippen LogP contribution is 2.31.